The Balaban J connectivity index is 1.77. The Bertz CT molecular complexity index is 620. The summed E-state index contributed by atoms with van der Waals surface area (Å²) < 4.78 is 11.4. The highest BCUT2D eigenvalue weighted by molar-refractivity contribution is 8.00. The number of ether oxygens (including phenoxy) is 2. The molecule has 2 aliphatic rings. The van der Waals surface area contributed by atoms with Crippen molar-refractivity contribution in [1.82, 2.24) is 10.2 Å². The minimum absolute atomic E-state index is 0.00459. The molecule has 0 aromatic heterocycles. The number of nitrogens with one attached hydrogen (secondary N) is 1. The second-order valence-corrected chi connectivity index (χ2v) is 8.69. The first-order valence-corrected chi connectivity index (χ1v) is 9.44. The molecule has 1 aromatic rings. The van der Waals surface area contributed by atoms with Crippen LogP contribution < -0.4 is 14.8 Å². The monoisotopic (exact) mass is 350 g/mol. The van der Waals surface area contributed by atoms with E-state index in [0.29, 0.717) is 18.3 Å². The van der Waals surface area contributed by atoms with Gasteiger partial charge in [-0.2, -0.15) is 11.8 Å². The molecule has 0 radical (unpaired) electrons. The zero-order chi connectivity index (χ0) is 17.3. The molecule has 132 valence electrons. The van der Waals surface area contributed by atoms with Gasteiger partial charge in [0, 0.05) is 28.7 Å². The summed E-state index contributed by atoms with van der Waals surface area (Å²) in [5.74, 6) is 2.55. The number of carbonyl (C=O) groups excluding carboxylic acids is 1. The first kappa shape index (κ1) is 17.3. The lowest BCUT2D eigenvalue weighted by Crippen LogP contribution is -2.49. The maximum atomic E-state index is 12.8. The third-order valence-electron chi connectivity index (χ3n) is 4.41. The zero-order valence-electron chi connectivity index (χ0n) is 14.8. The van der Waals surface area contributed by atoms with Crippen molar-refractivity contribution in [3.8, 4) is 11.5 Å². The summed E-state index contributed by atoms with van der Waals surface area (Å²) in [6.45, 7) is 7.32. The first-order chi connectivity index (χ1) is 11.4. The number of hydrogen-bond donors (Lipinski definition) is 1. The van der Waals surface area contributed by atoms with E-state index in [-0.39, 0.29) is 12.1 Å². The number of urea groups is 1. The predicted molar refractivity (Wildman–Crippen MR) is 97.0 cm³/mol. The van der Waals surface area contributed by atoms with Crippen molar-refractivity contribution < 1.29 is 14.3 Å². The largest absolute Gasteiger partial charge is 0.497 e. The summed E-state index contributed by atoms with van der Waals surface area (Å²) in [4.78, 5) is 14.6. The SMILES string of the molecule is COc1ccc2c(c1)OC(C)(C)CN(C(=O)NC1CSC(C)C1)C2. The highest BCUT2D eigenvalue weighted by atomic mass is 32.2. The quantitative estimate of drug-likeness (QED) is 0.889. The van der Waals surface area contributed by atoms with Gasteiger partial charge in [-0.3, -0.25) is 0 Å². The van der Waals surface area contributed by atoms with Gasteiger partial charge in [0.05, 0.1) is 20.2 Å². The number of hydrogen-bond acceptors (Lipinski definition) is 4. The number of nitrogens with zero attached hydrogens (tertiary/aromatic N) is 1. The van der Waals surface area contributed by atoms with Gasteiger partial charge in [-0.1, -0.05) is 6.92 Å². The maximum Gasteiger partial charge on any atom is 0.318 e. The summed E-state index contributed by atoms with van der Waals surface area (Å²) in [6.07, 6.45) is 1.04. The highest BCUT2D eigenvalue weighted by Crippen LogP contribution is 2.33. The molecule has 1 fully saturated rings. The predicted octanol–water partition coefficient (Wildman–Crippen LogP) is 3.27. The number of methoxy groups -OCH3 is 1. The highest BCUT2D eigenvalue weighted by Gasteiger charge is 2.33. The van der Waals surface area contributed by atoms with Crippen molar-refractivity contribution >= 4 is 17.8 Å². The van der Waals surface area contributed by atoms with Gasteiger partial charge < -0.3 is 19.7 Å². The lowest BCUT2D eigenvalue weighted by molar-refractivity contribution is 0.0800. The molecule has 2 unspecified atom stereocenters. The van der Waals surface area contributed by atoms with E-state index >= 15 is 0 Å². The summed E-state index contributed by atoms with van der Waals surface area (Å²) in [5.41, 5.74) is 0.554. The van der Waals surface area contributed by atoms with Gasteiger partial charge in [-0.25, -0.2) is 4.79 Å². The fraction of sp³-hybridized carbons (Fsp3) is 0.611. The smallest absolute Gasteiger partial charge is 0.318 e. The number of carbonyl (C=O) groups is 1. The molecule has 6 heteroatoms. The maximum absolute atomic E-state index is 12.8. The van der Waals surface area contributed by atoms with Gasteiger partial charge in [0.25, 0.3) is 0 Å². The molecule has 0 aliphatic carbocycles. The number of fused-ring (bicyclic) bond motifs is 1. The van der Waals surface area contributed by atoms with Crippen molar-refractivity contribution in [1.29, 1.82) is 0 Å². The Morgan fingerprint density at radius 1 is 1.46 bits per heavy atom. The van der Waals surface area contributed by atoms with Crippen molar-refractivity contribution in [3.63, 3.8) is 0 Å². The van der Waals surface area contributed by atoms with Gasteiger partial charge in [0.1, 0.15) is 17.1 Å². The van der Waals surface area contributed by atoms with E-state index in [1.165, 1.54) is 0 Å². The second-order valence-electron chi connectivity index (χ2n) is 7.22. The molecular weight excluding hydrogens is 324 g/mol. The van der Waals surface area contributed by atoms with Crippen LogP contribution in [0.2, 0.25) is 0 Å². The van der Waals surface area contributed by atoms with Crippen LogP contribution in [-0.2, 0) is 6.54 Å². The first-order valence-electron chi connectivity index (χ1n) is 8.39. The fourth-order valence-corrected chi connectivity index (χ4v) is 4.41. The molecule has 1 saturated heterocycles. The van der Waals surface area contributed by atoms with Crippen LogP contribution in [0.1, 0.15) is 32.8 Å². The van der Waals surface area contributed by atoms with Crippen LogP contribution in [0.25, 0.3) is 0 Å². The van der Waals surface area contributed by atoms with Crippen LogP contribution in [0.15, 0.2) is 18.2 Å². The van der Waals surface area contributed by atoms with Crippen molar-refractivity contribution in [2.24, 2.45) is 0 Å². The lowest BCUT2D eigenvalue weighted by atomic mass is 10.1. The Hall–Kier alpha value is -1.56. The van der Waals surface area contributed by atoms with Gasteiger partial charge in [0.15, 0.2) is 0 Å². The molecular formula is C18H26N2O3S. The fourth-order valence-electron chi connectivity index (χ4n) is 3.27. The molecule has 1 aromatic carbocycles. The van der Waals surface area contributed by atoms with Gasteiger partial charge >= 0.3 is 6.03 Å². The van der Waals surface area contributed by atoms with Crippen LogP contribution in [0, 0.1) is 0 Å². The van der Waals surface area contributed by atoms with E-state index in [0.717, 1.165) is 29.2 Å². The number of amides is 2. The van der Waals surface area contributed by atoms with E-state index in [1.807, 2.05) is 48.7 Å². The molecule has 5 nitrogen and oxygen atoms in total. The average Bonchev–Trinajstić information content (AvgIpc) is 2.85. The van der Waals surface area contributed by atoms with E-state index < -0.39 is 5.60 Å². The zero-order valence-corrected chi connectivity index (χ0v) is 15.6. The van der Waals surface area contributed by atoms with Crippen LogP contribution in [-0.4, -0.2) is 47.2 Å². The van der Waals surface area contributed by atoms with Crippen molar-refractivity contribution in [3.05, 3.63) is 23.8 Å². The van der Waals surface area contributed by atoms with Crippen molar-refractivity contribution in [2.45, 2.75) is 50.6 Å². The van der Waals surface area contributed by atoms with E-state index in [9.17, 15) is 4.79 Å². The molecule has 0 bridgehead atoms. The molecule has 1 N–H and O–H groups in total. The normalized spacial score (nSPS) is 25.4. The van der Waals surface area contributed by atoms with Crippen LogP contribution in [0.4, 0.5) is 4.79 Å². The van der Waals surface area contributed by atoms with Gasteiger partial charge in [0.2, 0.25) is 0 Å². The molecule has 2 aliphatic heterocycles. The summed E-state index contributed by atoms with van der Waals surface area (Å²) in [6, 6.07) is 6.04. The molecule has 0 spiro atoms. The summed E-state index contributed by atoms with van der Waals surface area (Å²) in [7, 11) is 1.64. The molecule has 0 saturated carbocycles. The molecule has 2 heterocycles. The standard InChI is InChI=1S/C18H26N2O3S/c1-12-7-14(10-24-12)19-17(21)20-9-13-5-6-15(22-4)8-16(13)23-18(2,3)11-20/h5-6,8,12,14H,7,9-11H2,1-4H3,(H,19,21). The minimum Gasteiger partial charge on any atom is -0.497 e. The van der Waals surface area contributed by atoms with Crippen molar-refractivity contribution in [2.75, 3.05) is 19.4 Å². The molecule has 2 amide bonds. The number of thioether (sulfide) groups is 1. The third kappa shape index (κ3) is 3.91. The van der Waals surface area contributed by atoms with Gasteiger partial charge in [-0.15, -0.1) is 0 Å². The van der Waals surface area contributed by atoms with E-state index in [2.05, 4.69) is 12.2 Å². The Morgan fingerprint density at radius 2 is 2.25 bits per heavy atom. The molecule has 3 rings (SSSR count). The Kier molecular flexibility index (Phi) is 4.85. The second kappa shape index (κ2) is 6.75. The van der Waals surface area contributed by atoms with E-state index in [4.69, 9.17) is 9.47 Å². The van der Waals surface area contributed by atoms with Gasteiger partial charge in [-0.05, 0) is 32.4 Å². The average molecular weight is 350 g/mol. The minimum atomic E-state index is -0.452. The Labute approximate surface area is 148 Å². The van der Waals surface area contributed by atoms with Crippen LogP contribution in [0.5, 0.6) is 11.5 Å². The van der Waals surface area contributed by atoms with Crippen LogP contribution >= 0.6 is 11.8 Å². The molecule has 24 heavy (non-hydrogen) atoms. The topological polar surface area (TPSA) is 50.8 Å². The summed E-state index contributed by atoms with van der Waals surface area (Å²) in [5, 5.41) is 3.80. The Morgan fingerprint density at radius 3 is 2.92 bits per heavy atom. The summed E-state index contributed by atoms with van der Waals surface area (Å²) >= 11 is 1.92. The number of rotatable bonds is 2. The van der Waals surface area contributed by atoms with E-state index in [1.54, 1.807) is 7.11 Å². The molecule has 2 atom stereocenters. The number of benzene rings is 1. The van der Waals surface area contributed by atoms with Crippen LogP contribution in [0.3, 0.4) is 0 Å². The lowest BCUT2D eigenvalue weighted by Gasteiger charge is -2.30. The third-order valence-corrected chi connectivity index (χ3v) is 5.76.